The fourth-order valence-corrected chi connectivity index (χ4v) is 4.50. The number of thioether (sulfide) groups is 1. The third-order valence-corrected chi connectivity index (χ3v) is 6.02. The summed E-state index contributed by atoms with van der Waals surface area (Å²) in [5.41, 5.74) is 3.15. The smallest absolute Gasteiger partial charge is 0.247 e. The quantitative estimate of drug-likeness (QED) is 0.607. The summed E-state index contributed by atoms with van der Waals surface area (Å²) in [6.07, 6.45) is -0.596. The molecule has 0 saturated heterocycles. The van der Waals surface area contributed by atoms with E-state index in [1.165, 1.54) is 11.8 Å². The van der Waals surface area contributed by atoms with Gasteiger partial charge in [-0.2, -0.15) is 4.98 Å². The lowest BCUT2D eigenvalue weighted by molar-refractivity contribution is -0.118. The van der Waals surface area contributed by atoms with Crippen LogP contribution in [0.4, 0.5) is 5.69 Å². The van der Waals surface area contributed by atoms with E-state index in [1.807, 2.05) is 49.6 Å². The van der Waals surface area contributed by atoms with Crippen molar-refractivity contribution in [1.82, 2.24) is 15.2 Å². The molecular formula is C19H18N4O2S2. The Kier molecular flexibility index (Phi) is 4.84. The van der Waals surface area contributed by atoms with Crippen LogP contribution in [0.2, 0.25) is 0 Å². The Balaban J connectivity index is 1.96. The molecule has 27 heavy (non-hydrogen) atoms. The Morgan fingerprint density at radius 1 is 1.30 bits per heavy atom. The van der Waals surface area contributed by atoms with Crippen molar-refractivity contribution in [3.63, 3.8) is 0 Å². The highest BCUT2D eigenvalue weighted by Gasteiger charge is 2.35. The van der Waals surface area contributed by atoms with Crippen molar-refractivity contribution >= 4 is 34.7 Å². The molecule has 3 heterocycles. The van der Waals surface area contributed by atoms with Crippen molar-refractivity contribution in [2.75, 3.05) is 10.7 Å². The molecular weight excluding hydrogens is 380 g/mol. The molecule has 1 atom stereocenters. The molecule has 0 bridgehead atoms. The Bertz CT molecular complexity index is 1000. The number of carbonyl (C=O) groups excluding carboxylic acids is 1. The molecule has 0 radical (unpaired) electrons. The van der Waals surface area contributed by atoms with E-state index < -0.39 is 6.23 Å². The molecule has 4 rings (SSSR count). The van der Waals surface area contributed by atoms with E-state index in [1.54, 1.807) is 23.2 Å². The fourth-order valence-electron chi connectivity index (χ4n) is 3.05. The Morgan fingerprint density at radius 3 is 2.81 bits per heavy atom. The van der Waals surface area contributed by atoms with Gasteiger partial charge in [0.25, 0.3) is 0 Å². The topological polar surface area (TPSA) is 68.2 Å². The summed E-state index contributed by atoms with van der Waals surface area (Å²) in [6.45, 7) is 5.59. The molecule has 3 aromatic rings. The maximum absolute atomic E-state index is 12.6. The molecule has 2 aromatic heterocycles. The number of rotatable bonds is 3. The van der Waals surface area contributed by atoms with E-state index in [-0.39, 0.29) is 5.91 Å². The van der Waals surface area contributed by atoms with Gasteiger partial charge >= 0.3 is 0 Å². The van der Waals surface area contributed by atoms with E-state index in [0.717, 1.165) is 27.4 Å². The molecule has 1 aliphatic rings. The standard InChI is InChI=1S/C19H18N4O2S2/c1-4-26-19-20-17-15(21-22-19)13-7-5-6-8-14(13)23(12(3)24)18(25-17)16-11(2)9-10-27-16/h5-10,18H,4H2,1-3H3/t18-/m1/s1. The molecule has 8 heteroatoms. The minimum absolute atomic E-state index is 0.107. The zero-order valence-electron chi connectivity index (χ0n) is 15.2. The zero-order chi connectivity index (χ0) is 19.0. The van der Waals surface area contributed by atoms with Crippen LogP contribution < -0.4 is 9.64 Å². The summed E-state index contributed by atoms with van der Waals surface area (Å²) >= 11 is 3.06. The second kappa shape index (κ2) is 7.28. The zero-order valence-corrected chi connectivity index (χ0v) is 16.8. The van der Waals surface area contributed by atoms with Crippen LogP contribution in [0.5, 0.6) is 5.88 Å². The summed E-state index contributed by atoms with van der Waals surface area (Å²) < 4.78 is 6.31. The van der Waals surface area contributed by atoms with Crippen LogP contribution >= 0.6 is 23.1 Å². The predicted molar refractivity (Wildman–Crippen MR) is 107 cm³/mol. The molecule has 1 aromatic carbocycles. The summed E-state index contributed by atoms with van der Waals surface area (Å²) in [7, 11) is 0. The average Bonchev–Trinajstić information content (AvgIpc) is 3.01. The van der Waals surface area contributed by atoms with Crippen LogP contribution in [-0.2, 0) is 4.79 Å². The lowest BCUT2D eigenvalue weighted by atomic mass is 10.1. The van der Waals surface area contributed by atoms with Crippen molar-refractivity contribution < 1.29 is 9.53 Å². The number of hydrogen-bond donors (Lipinski definition) is 0. The predicted octanol–water partition coefficient (Wildman–Crippen LogP) is 4.46. The molecule has 138 valence electrons. The summed E-state index contributed by atoms with van der Waals surface area (Å²) in [5, 5.41) is 11.2. The number of amides is 1. The highest BCUT2D eigenvalue weighted by atomic mass is 32.2. The minimum atomic E-state index is -0.596. The minimum Gasteiger partial charge on any atom is -0.446 e. The third-order valence-electron chi connectivity index (χ3n) is 4.25. The van der Waals surface area contributed by atoms with Crippen LogP contribution in [-0.4, -0.2) is 26.8 Å². The number of anilines is 1. The van der Waals surface area contributed by atoms with Crippen molar-refractivity contribution in [3.8, 4) is 17.1 Å². The lowest BCUT2D eigenvalue weighted by Crippen LogP contribution is -2.35. The highest BCUT2D eigenvalue weighted by Crippen LogP contribution is 2.44. The van der Waals surface area contributed by atoms with Gasteiger partial charge in [0.2, 0.25) is 23.2 Å². The van der Waals surface area contributed by atoms with E-state index in [2.05, 4.69) is 15.2 Å². The Morgan fingerprint density at radius 2 is 2.11 bits per heavy atom. The first kappa shape index (κ1) is 17.9. The molecule has 0 N–H and O–H groups in total. The third kappa shape index (κ3) is 3.19. The number of hydrogen-bond acceptors (Lipinski definition) is 7. The van der Waals surface area contributed by atoms with Gasteiger partial charge in [0.05, 0.1) is 10.6 Å². The van der Waals surface area contributed by atoms with E-state index in [4.69, 9.17) is 4.74 Å². The van der Waals surface area contributed by atoms with Gasteiger partial charge in [-0.05, 0) is 35.8 Å². The molecule has 6 nitrogen and oxygen atoms in total. The SMILES string of the molecule is CCSc1nnc2c(n1)O[C@H](c1sccc1C)N(C(C)=O)c1ccccc1-2. The first-order valence-electron chi connectivity index (χ1n) is 8.57. The summed E-state index contributed by atoms with van der Waals surface area (Å²) in [5.74, 6) is 1.13. The van der Waals surface area contributed by atoms with Crippen molar-refractivity contribution in [1.29, 1.82) is 0 Å². The van der Waals surface area contributed by atoms with Crippen LogP contribution in [0, 0.1) is 6.92 Å². The molecule has 1 amide bonds. The second-order valence-electron chi connectivity index (χ2n) is 6.03. The number of nitrogens with zero attached hydrogens (tertiary/aromatic N) is 4. The maximum Gasteiger partial charge on any atom is 0.247 e. The summed E-state index contributed by atoms with van der Waals surface area (Å²) in [4.78, 5) is 19.9. The Labute approximate surface area is 165 Å². The Hall–Kier alpha value is -2.45. The van der Waals surface area contributed by atoms with Gasteiger partial charge in [-0.3, -0.25) is 9.69 Å². The normalized spacial score (nSPS) is 15.5. The number of aromatic nitrogens is 3. The van der Waals surface area contributed by atoms with Crippen LogP contribution in [0.1, 0.15) is 30.5 Å². The molecule has 1 aliphatic heterocycles. The second-order valence-corrected chi connectivity index (χ2v) is 8.20. The number of ether oxygens (including phenoxy) is 1. The number of thiophene rings is 1. The van der Waals surface area contributed by atoms with Crippen molar-refractivity contribution in [3.05, 3.63) is 46.2 Å². The van der Waals surface area contributed by atoms with Gasteiger partial charge in [-0.15, -0.1) is 21.5 Å². The lowest BCUT2D eigenvalue weighted by Gasteiger charge is -2.29. The van der Waals surface area contributed by atoms with E-state index >= 15 is 0 Å². The molecule has 0 fully saturated rings. The molecule has 0 saturated carbocycles. The number of carbonyl (C=O) groups is 1. The van der Waals surface area contributed by atoms with Crippen molar-refractivity contribution in [2.45, 2.75) is 32.2 Å². The largest absolute Gasteiger partial charge is 0.446 e. The molecule has 0 unspecified atom stereocenters. The first-order valence-corrected chi connectivity index (χ1v) is 10.4. The molecule has 0 aliphatic carbocycles. The van der Waals surface area contributed by atoms with Gasteiger partial charge in [0.1, 0.15) is 0 Å². The van der Waals surface area contributed by atoms with E-state index in [0.29, 0.717) is 16.7 Å². The molecule has 0 spiro atoms. The summed E-state index contributed by atoms with van der Waals surface area (Å²) in [6, 6.07) is 9.66. The van der Waals surface area contributed by atoms with Gasteiger partial charge in [0.15, 0.2) is 5.69 Å². The van der Waals surface area contributed by atoms with Crippen molar-refractivity contribution in [2.24, 2.45) is 0 Å². The van der Waals surface area contributed by atoms with Gasteiger partial charge in [-0.25, -0.2) is 0 Å². The number of aryl methyl sites for hydroxylation is 1. The maximum atomic E-state index is 12.6. The first-order chi connectivity index (χ1) is 13.1. The fraction of sp³-hybridized carbons (Fsp3) is 0.263. The number of para-hydroxylation sites is 1. The van der Waals surface area contributed by atoms with Crippen LogP contribution in [0.3, 0.4) is 0 Å². The van der Waals surface area contributed by atoms with Crippen LogP contribution in [0.25, 0.3) is 11.3 Å². The van der Waals surface area contributed by atoms with Crippen LogP contribution in [0.15, 0.2) is 40.9 Å². The van der Waals surface area contributed by atoms with Gasteiger partial charge in [-0.1, -0.05) is 36.9 Å². The highest BCUT2D eigenvalue weighted by molar-refractivity contribution is 7.99. The van der Waals surface area contributed by atoms with Gasteiger partial charge in [0, 0.05) is 12.5 Å². The van der Waals surface area contributed by atoms with Gasteiger partial charge < -0.3 is 4.74 Å². The number of benzene rings is 1. The average molecular weight is 399 g/mol. The monoisotopic (exact) mass is 398 g/mol. The van der Waals surface area contributed by atoms with E-state index in [9.17, 15) is 4.79 Å². The number of fused-ring (bicyclic) bond motifs is 3.